The Morgan fingerprint density at radius 1 is 1.33 bits per heavy atom. The Kier molecular flexibility index (Phi) is 4.48. The molecule has 3 nitrogen and oxygen atoms in total. The molecule has 2 N–H and O–H groups in total. The highest BCUT2D eigenvalue weighted by Gasteiger charge is 2.18. The molecule has 0 spiro atoms. The second-order valence-electron chi connectivity index (χ2n) is 5.18. The Bertz CT molecular complexity index is 384. The van der Waals surface area contributed by atoms with Crippen molar-refractivity contribution >= 4 is 0 Å². The summed E-state index contributed by atoms with van der Waals surface area (Å²) in [7, 11) is 1.68. The Hall–Kier alpha value is -1.22. The highest BCUT2D eigenvalue weighted by atomic mass is 16.5. The van der Waals surface area contributed by atoms with Gasteiger partial charge in [-0.2, -0.15) is 0 Å². The van der Waals surface area contributed by atoms with Gasteiger partial charge in [-0.15, -0.1) is 0 Å². The van der Waals surface area contributed by atoms with Gasteiger partial charge in [-0.05, 0) is 62.8 Å². The lowest BCUT2D eigenvalue weighted by atomic mass is 10.1. The Balaban J connectivity index is 2.15. The molecular formula is C15H23NO2. The van der Waals surface area contributed by atoms with Crippen LogP contribution in [0.25, 0.3) is 0 Å². The number of hydrogen-bond donors (Lipinski definition) is 1. The molecule has 1 unspecified atom stereocenters. The molecule has 3 heteroatoms. The van der Waals surface area contributed by atoms with E-state index in [9.17, 15) is 0 Å². The lowest BCUT2D eigenvalue weighted by Crippen LogP contribution is -2.19. The molecule has 0 radical (unpaired) electrons. The summed E-state index contributed by atoms with van der Waals surface area (Å²) in [6.07, 6.45) is 6.10. The van der Waals surface area contributed by atoms with Crippen molar-refractivity contribution in [1.82, 2.24) is 0 Å². The van der Waals surface area contributed by atoms with E-state index in [1.165, 1.54) is 25.7 Å². The zero-order chi connectivity index (χ0) is 13.0. The molecule has 0 bridgehead atoms. The molecule has 0 amide bonds. The molecule has 1 aliphatic carbocycles. The summed E-state index contributed by atoms with van der Waals surface area (Å²) < 4.78 is 11.4. The summed E-state index contributed by atoms with van der Waals surface area (Å²) in [4.78, 5) is 0. The van der Waals surface area contributed by atoms with Crippen LogP contribution in [-0.2, 0) is 6.42 Å². The first-order chi connectivity index (χ1) is 8.69. The van der Waals surface area contributed by atoms with Gasteiger partial charge in [-0.1, -0.05) is 0 Å². The summed E-state index contributed by atoms with van der Waals surface area (Å²) in [5.41, 5.74) is 7.05. The first kappa shape index (κ1) is 13.2. The minimum absolute atomic E-state index is 0.128. The van der Waals surface area contributed by atoms with E-state index in [0.717, 1.165) is 23.5 Å². The summed E-state index contributed by atoms with van der Waals surface area (Å²) in [5, 5.41) is 0. The average Bonchev–Trinajstić information content (AvgIpc) is 2.83. The summed E-state index contributed by atoms with van der Waals surface area (Å²) in [6, 6.07) is 6.13. The van der Waals surface area contributed by atoms with Crippen molar-refractivity contribution in [2.24, 2.45) is 5.73 Å². The largest absolute Gasteiger partial charge is 0.497 e. The lowest BCUT2D eigenvalue weighted by Gasteiger charge is -2.18. The van der Waals surface area contributed by atoms with E-state index in [-0.39, 0.29) is 6.04 Å². The highest BCUT2D eigenvalue weighted by Crippen LogP contribution is 2.29. The van der Waals surface area contributed by atoms with Crippen LogP contribution >= 0.6 is 0 Å². The fourth-order valence-electron chi connectivity index (χ4n) is 2.49. The van der Waals surface area contributed by atoms with Crippen LogP contribution in [0.15, 0.2) is 18.2 Å². The van der Waals surface area contributed by atoms with E-state index in [2.05, 4.69) is 0 Å². The van der Waals surface area contributed by atoms with Gasteiger partial charge in [0.15, 0.2) is 0 Å². The van der Waals surface area contributed by atoms with Gasteiger partial charge >= 0.3 is 0 Å². The van der Waals surface area contributed by atoms with Crippen LogP contribution in [-0.4, -0.2) is 19.3 Å². The quantitative estimate of drug-likeness (QED) is 0.872. The first-order valence-corrected chi connectivity index (χ1v) is 6.78. The number of benzene rings is 1. The summed E-state index contributed by atoms with van der Waals surface area (Å²) in [6.45, 7) is 2.01. The summed E-state index contributed by atoms with van der Waals surface area (Å²) in [5.74, 6) is 1.84. The number of methoxy groups -OCH3 is 1. The molecule has 0 aliphatic heterocycles. The van der Waals surface area contributed by atoms with Crippen LogP contribution in [0.3, 0.4) is 0 Å². The molecule has 1 atom stereocenters. The van der Waals surface area contributed by atoms with E-state index in [1.54, 1.807) is 7.11 Å². The maximum atomic E-state index is 6.10. The van der Waals surface area contributed by atoms with Gasteiger partial charge in [0.25, 0.3) is 0 Å². The van der Waals surface area contributed by atoms with Gasteiger partial charge in [0.1, 0.15) is 11.5 Å². The second-order valence-corrected chi connectivity index (χ2v) is 5.18. The molecule has 2 rings (SSSR count). The minimum Gasteiger partial charge on any atom is -0.497 e. The normalized spacial score (nSPS) is 17.7. The molecule has 1 aromatic carbocycles. The maximum Gasteiger partial charge on any atom is 0.123 e. The third-order valence-electron chi connectivity index (χ3n) is 3.41. The smallest absolute Gasteiger partial charge is 0.123 e. The standard InChI is InChI=1S/C15H23NO2/c1-11(16)9-12-10-14(17-2)7-8-15(12)18-13-5-3-4-6-13/h7-8,10-11,13H,3-6,9,16H2,1-2H3. The molecule has 0 aromatic heterocycles. The van der Waals surface area contributed by atoms with Crippen LogP contribution in [0.2, 0.25) is 0 Å². The Morgan fingerprint density at radius 2 is 2.06 bits per heavy atom. The fraction of sp³-hybridized carbons (Fsp3) is 0.600. The molecular weight excluding hydrogens is 226 g/mol. The van der Waals surface area contributed by atoms with Crippen molar-refractivity contribution in [2.45, 2.75) is 51.2 Å². The average molecular weight is 249 g/mol. The first-order valence-electron chi connectivity index (χ1n) is 6.78. The molecule has 18 heavy (non-hydrogen) atoms. The van der Waals surface area contributed by atoms with Gasteiger partial charge in [-0.25, -0.2) is 0 Å². The molecule has 100 valence electrons. The van der Waals surface area contributed by atoms with Gasteiger partial charge in [0.05, 0.1) is 13.2 Å². The molecule has 0 heterocycles. The van der Waals surface area contributed by atoms with E-state index < -0.39 is 0 Å². The van der Waals surface area contributed by atoms with Crippen LogP contribution in [0, 0.1) is 0 Å². The van der Waals surface area contributed by atoms with Crippen LogP contribution < -0.4 is 15.2 Å². The van der Waals surface area contributed by atoms with Crippen molar-refractivity contribution in [2.75, 3.05) is 7.11 Å². The van der Waals surface area contributed by atoms with E-state index in [0.29, 0.717) is 6.10 Å². The van der Waals surface area contributed by atoms with E-state index in [1.807, 2.05) is 25.1 Å². The number of hydrogen-bond acceptors (Lipinski definition) is 3. The predicted molar refractivity (Wildman–Crippen MR) is 73.2 cm³/mol. The molecule has 1 fully saturated rings. The monoisotopic (exact) mass is 249 g/mol. The SMILES string of the molecule is COc1ccc(OC2CCCC2)c(CC(C)N)c1. The van der Waals surface area contributed by atoms with Gasteiger partial charge in [-0.3, -0.25) is 0 Å². The lowest BCUT2D eigenvalue weighted by molar-refractivity contribution is 0.207. The van der Waals surface area contributed by atoms with E-state index >= 15 is 0 Å². The van der Waals surface area contributed by atoms with Gasteiger partial charge in [0.2, 0.25) is 0 Å². The zero-order valence-corrected chi connectivity index (χ0v) is 11.3. The van der Waals surface area contributed by atoms with Crippen molar-refractivity contribution in [1.29, 1.82) is 0 Å². The van der Waals surface area contributed by atoms with Crippen molar-refractivity contribution in [3.63, 3.8) is 0 Å². The molecule has 1 saturated carbocycles. The van der Waals surface area contributed by atoms with Gasteiger partial charge < -0.3 is 15.2 Å². The van der Waals surface area contributed by atoms with Crippen LogP contribution in [0.4, 0.5) is 0 Å². The minimum atomic E-state index is 0.128. The summed E-state index contributed by atoms with van der Waals surface area (Å²) >= 11 is 0. The maximum absolute atomic E-state index is 6.10. The molecule has 1 aromatic rings. The third kappa shape index (κ3) is 3.39. The third-order valence-corrected chi connectivity index (χ3v) is 3.41. The van der Waals surface area contributed by atoms with E-state index in [4.69, 9.17) is 15.2 Å². The molecule has 1 aliphatic rings. The van der Waals surface area contributed by atoms with Crippen LogP contribution in [0.5, 0.6) is 11.5 Å². The van der Waals surface area contributed by atoms with Crippen molar-refractivity contribution in [3.8, 4) is 11.5 Å². The number of ether oxygens (including phenoxy) is 2. The highest BCUT2D eigenvalue weighted by molar-refractivity contribution is 5.41. The molecule has 0 saturated heterocycles. The fourth-order valence-corrected chi connectivity index (χ4v) is 2.49. The number of nitrogens with two attached hydrogens (primary N) is 1. The zero-order valence-electron chi connectivity index (χ0n) is 11.3. The van der Waals surface area contributed by atoms with Gasteiger partial charge in [0, 0.05) is 6.04 Å². The predicted octanol–water partition coefficient (Wildman–Crippen LogP) is 2.91. The Morgan fingerprint density at radius 3 is 2.67 bits per heavy atom. The number of rotatable bonds is 5. The van der Waals surface area contributed by atoms with Crippen molar-refractivity contribution < 1.29 is 9.47 Å². The van der Waals surface area contributed by atoms with Crippen molar-refractivity contribution in [3.05, 3.63) is 23.8 Å². The van der Waals surface area contributed by atoms with Crippen LogP contribution in [0.1, 0.15) is 38.2 Å². The second kappa shape index (κ2) is 6.10. The Labute approximate surface area is 109 Å². The topological polar surface area (TPSA) is 44.5 Å².